The Morgan fingerprint density at radius 3 is 2.16 bits per heavy atom. The van der Waals surface area contributed by atoms with Crippen LogP contribution in [0.3, 0.4) is 0 Å². The third-order valence-electron chi connectivity index (χ3n) is 2.35. The van der Waals surface area contributed by atoms with Crippen LogP contribution in [0.4, 0.5) is 13.2 Å². The van der Waals surface area contributed by atoms with Gasteiger partial charge in [0.15, 0.2) is 0 Å². The molecule has 0 aromatic carbocycles. The highest BCUT2D eigenvalue weighted by molar-refractivity contribution is 4.83. The predicted octanol–water partition coefficient (Wildman–Crippen LogP) is 2.89. The molecule has 0 spiro atoms. The number of hydrogen-bond acceptors (Lipinski definition) is 4. The minimum absolute atomic E-state index is 0.0483. The normalized spacial score (nSPS) is 12.9. The van der Waals surface area contributed by atoms with E-state index in [1.165, 1.54) is 0 Å². The topological polar surface area (TPSA) is 51.0 Å². The molecule has 0 radical (unpaired) electrons. The second-order valence-electron chi connectivity index (χ2n) is 5.49. The first kappa shape index (κ1) is 15.9. The molecule has 110 valence electrons. The van der Waals surface area contributed by atoms with Crippen molar-refractivity contribution in [2.75, 3.05) is 6.54 Å². The van der Waals surface area contributed by atoms with Crippen molar-refractivity contribution in [1.29, 1.82) is 0 Å². The molecule has 7 heteroatoms. The van der Waals surface area contributed by atoms with E-state index < -0.39 is 12.6 Å². The van der Waals surface area contributed by atoms with Gasteiger partial charge in [-0.05, 0) is 33.7 Å². The van der Waals surface area contributed by atoms with Gasteiger partial charge in [-0.2, -0.15) is 13.2 Å². The van der Waals surface area contributed by atoms with Crippen LogP contribution in [0.1, 0.15) is 45.4 Å². The highest BCUT2D eigenvalue weighted by Crippen LogP contribution is 2.21. The van der Waals surface area contributed by atoms with E-state index in [4.69, 9.17) is 4.42 Å². The van der Waals surface area contributed by atoms with Crippen LogP contribution in [0.25, 0.3) is 0 Å². The lowest BCUT2D eigenvalue weighted by Gasteiger charge is -2.19. The second kappa shape index (κ2) is 6.36. The van der Waals surface area contributed by atoms with Crippen LogP contribution in [0.15, 0.2) is 4.42 Å². The van der Waals surface area contributed by atoms with Crippen LogP contribution in [-0.2, 0) is 12.8 Å². The fourth-order valence-electron chi connectivity index (χ4n) is 1.44. The number of nitrogens with one attached hydrogen (secondary N) is 1. The minimum Gasteiger partial charge on any atom is -0.425 e. The largest absolute Gasteiger partial charge is 0.425 e. The second-order valence-corrected chi connectivity index (χ2v) is 5.49. The molecule has 1 rings (SSSR count). The van der Waals surface area contributed by atoms with Crippen molar-refractivity contribution < 1.29 is 17.6 Å². The first-order valence-electron chi connectivity index (χ1n) is 6.29. The van der Waals surface area contributed by atoms with Gasteiger partial charge in [-0.25, -0.2) is 0 Å². The van der Waals surface area contributed by atoms with Gasteiger partial charge in [-0.3, -0.25) is 0 Å². The molecule has 0 aliphatic rings. The Kier molecular flexibility index (Phi) is 5.34. The number of aryl methyl sites for hydroxylation is 2. The molecule has 1 aromatic heterocycles. The number of halogens is 3. The molecule has 0 unspecified atom stereocenters. The van der Waals surface area contributed by atoms with Crippen molar-refractivity contribution in [3.63, 3.8) is 0 Å². The van der Waals surface area contributed by atoms with Crippen LogP contribution in [0, 0.1) is 0 Å². The smallest absolute Gasteiger partial charge is 0.389 e. The van der Waals surface area contributed by atoms with Crippen LogP contribution in [0.2, 0.25) is 0 Å². The first-order valence-corrected chi connectivity index (χ1v) is 6.29. The molecular formula is C12H20F3N3O. The summed E-state index contributed by atoms with van der Waals surface area (Å²) < 4.78 is 41.2. The number of nitrogens with zero attached hydrogens (tertiary/aromatic N) is 2. The molecular weight excluding hydrogens is 259 g/mol. The Balaban J connectivity index is 2.27. The SMILES string of the molecule is CC(C)(C)NCCCc1nnc(CCC(F)(F)F)o1. The summed E-state index contributed by atoms with van der Waals surface area (Å²) in [6.45, 7) is 6.99. The Morgan fingerprint density at radius 1 is 1.05 bits per heavy atom. The maximum Gasteiger partial charge on any atom is 0.389 e. The minimum atomic E-state index is -4.19. The van der Waals surface area contributed by atoms with Gasteiger partial charge >= 0.3 is 6.18 Å². The average molecular weight is 279 g/mol. The van der Waals surface area contributed by atoms with Gasteiger partial charge in [0.1, 0.15) is 0 Å². The molecule has 0 saturated carbocycles. The zero-order valence-electron chi connectivity index (χ0n) is 11.5. The lowest BCUT2D eigenvalue weighted by Crippen LogP contribution is -2.36. The zero-order chi connectivity index (χ0) is 14.5. The maximum absolute atomic E-state index is 12.0. The highest BCUT2D eigenvalue weighted by Gasteiger charge is 2.27. The summed E-state index contributed by atoms with van der Waals surface area (Å²) in [6.07, 6.45) is -4.00. The summed E-state index contributed by atoms with van der Waals surface area (Å²) in [5.41, 5.74) is 0.0483. The quantitative estimate of drug-likeness (QED) is 0.813. The molecule has 0 amide bonds. The van der Waals surface area contributed by atoms with Crippen molar-refractivity contribution in [2.45, 2.75) is 58.2 Å². The Bertz CT molecular complexity index is 382. The van der Waals surface area contributed by atoms with Gasteiger partial charge in [-0.15, -0.1) is 10.2 Å². The van der Waals surface area contributed by atoms with Gasteiger partial charge in [-0.1, -0.05) is 0 Å². The van der Waals surface area contributed by atoms with Crippen LogP contribution >= 0.6 is 0 Å². The molecule has 0 saturated heterocycles. The Morgan fingerprint density at radius 2 is 1.63 bits per heavy atom. The summed E-state index contributed by atoms with van der Waals surface area (Å²) in [5, 5.41) is 10.7. The summed E-state index contributed by atoms with van der Waals surface area (Å²) in [4.78, 5) is 0. The fraction of sp³-hybridized carbons (Fsp3) is 0.833. The summed E-state index contributed by atoms with van der Waals surface area (Å²) >= 11 is 0. The van der Waals surface area contributed by atoms with Crippen molar-refractivity contribution >= 4 is 0 Å². The maximum atomic E-state index is 12.0. The Labute approximate surface area is 110 Å². The van der Waals surface area contributed by atoms with E-state index in [0.29, 0.717) is 12.3 Å². The molecule has 1 aromatic rings. The van der Waals surface area contributed by atoms with Crippen molar-refractivity contribution in [2.24, 2.45) is 0 Å². The van der Waals surface area contributed by atoms with E-state index in [9.17, 15) is 13.2 Å². The molecule has 0 aliphatic heterocycles. The standard InChI is InChI=1S/C12H20F3N3O/c1-11(2,3)16-8-4-5-9-17-18-10(19-9)6-7-12(13,14)15/h16H,4-8H2,1-3H3. The number of hydrogen-bond donors (Lipinski definition) is 1. The number of alkyl halides is 3. The zero-order valence-corrected chi connectivity index (χ0v) is 11.5. The van der Waals surface area contributed by atoms with Gasteiger partial charge < -0.3 is 9.73 Å². The summed E-state index contributed by atoms with van der Waals surface area (Å²) in [7, 11) is 0. The van der Waals surface area contributed by atoms with Crippen molar-refractivity contribution in [1.82, 2.24) is 15.5 Å². The molecule has 0 bridgehead atoms. The van der Waals surface area contributed by atoms with E-state index in [1.807, 2.05) is 0 Å². The molecule has 19 heavy (non-hydrogen) atoms. The van der Waals surface area contributed by atoms with Gasteiger partial charge in [0.25, 0.3) is 0 Å². The van der Waals surface area contributed by atoms with E-state index in [1.54, 1.807) is 0 Å². The molecule has 0 aliphatic carbocycles. The molecule has 1 N–H and O–H groups in total. The van der Waals surface area contributed by atoms with Gasteiger partial charge in [0.2, 0.25) is 11.8 Å². The van der Waals surface area contributed by atoms with Crippen LogP contribution in [-0.4, -0.2) is 28.5 Å². The van der Waals surface area contributed by atoms with Gasteiger partial charge in [0.05, 0.1) is 6.42 Å². The van der Waals surface area contributed by atoms with Crippen LogP contribution < -0.4 is 5.32 Å². The molecule has 0 fully saturated rings. The van der Waals surface area contributed by atoms with Crippen molar-refractivity contribution in [3.05, 3.63) is 11.8 Å². The van der Waals surface area contributed by atoms with Crippen LogP contribution in [0.5, 0.6) is 0 Å². The predicted molar refractivity (Wildman–Crippen MR) is 64.8 cm³/mol. The molecule has 1 heterocycles. The lowest BCUT2D eigenvalue weighted by atomic mass is 10.1. The molecule has 0 atom stereocenters. The first-order chi connectivity index (χ1) is 8.66. The van der Waals surface area contributed by atoms with E-state index >= 15 is 0 Å². The fourth-order valence-corrected chi connectivity index (χ4v) is 1.44. The van der Waals surface area contributed by atoms with Gasteiger partial charge in [0, 0.05) is 18.4 Å². The Hall–Kier alpha value is -1.11. The highest BCUT2D eigenvalue weighted by atomic mass is 19.4. The van der Waals surface area contributed by atoms with E-state index in [-0.39, 0.29) is 17.9 Å². The summed E-state index contributed by atoms with van der Waals surface area (Å²) in [6, 6.07) is 0. The van der Waals surface area contributed by atoms with E-state index in [2.05, 4.69) is 36.3 Å². The number of rotatable bonds is 6. The summed E-state index contributed by atoms with van der Waals surface area (Å²) in [5.74, 6) is 0.448. The van der Waals surface area contributed by atoms with E-state index in [0.717, 1.165) is 13.0 Å². The third kappa shape index (κ3) is 7.81. The molecule has 4 nitrogen and oxygen atoms in total. The van der Waals surface area contributed by atoms with Crippen molar-refractivity contribution in [3.8, 4) is 0 Å². The lowest BCUT2D eigenvalue weighted by molar-refractivity contribution is -0.134. The third-order valence-corrected chi connectivity index (χ3v) is 2.35. The average Bonchev–Trinajstić information content (AvgIpc) is 2.67. The monoisotopic (exact) mass is 279 g/mol. The number of aromatic nitrogens is 2.